The number of nitrogens with zero attached hydrogens (tertiary/aromatic N) is 2. The summed E-state index contributed by atoms with van der Waals surface area (Å²) >= 11 is 0. The van der Waals surface area contributed by atoms with Crippen molar-refractivity contribution in [1.82, 2.24) is 9.80 Å². The molecule has 216 valence electrons. The standard InChI is InChI=1S/C29H36FN3O7/c1-28(2,3)32(4)12-14-11-17(34)19-15(21(14)30)9-13-10-16-22(33-7-5-6-8-33)24(36)20(27(31)39)26(38)29(16,40)25(37)18(13)23(19)35/h11,13,16,22,34,36-37,40H,5-10,12H2,1-4H3,(H2,31,39)/t13-,16-,22-,29-/m0/s1. The number of phenolic OH excluding ortho intramolecular Hbond substituents is 1. The number of fused-ring (bicyclic) bond motifs is 3. The summed E-state index contributed by atoms with van der Waals surface area (Å²) in [6, 6.07) is 0.172. The molecule has 6 N–H and O–H groups in total. The van der Waals surface area contributed by atoms with Crippen LogP contribution in [0.2, 0.25) is 0 Å². The van der Waals surface area contributed by atoms with Gasteiger partial charge < -0.3 is 26.2 Å². The van der Waals surface area contributed by atoms with Gasteiger partial charge in [0.2, 0.25) is 5.78 Å². The van der Waals surface area contributed by atoms with Gasteiger partial charge in [-0.25, -0.2) is 4.39 Å². The number of phenols is 1. The predicted molar refractivity (Wildman–Crippen MR) is 142 cm³/mol. The molecule has 1 saturated heterocycles. The number of Topliss-reactive ketones (excluding diaryl/α,β-unsaturated/α-hetero) is 2. The number of ketones is 2. The molecule has 0 aromatic heterocycles. The van der Waals surface area contributed by atoms with Crippen LogP contribution in [0.5, 0.6) is 5.75 Å². The Labute approximate surface area is 231 Å². The van der Waals surface area contributed by atoms with Crippen molar-refractivity contribution < 1.29 is 39.2 Å². The van der Waals surface area contributed by atoms with Crippen LogP contribution in [-0.2, 0) is 22.6 Å². The Bertz CT molecular complexity index is 1390. The number of aliphatic hydroxyl groups is 3. The molecule has 1 aromatic rings. The monoisotopic (exact) mass is 557 g/mol. The summed E-state index contributed by atoms with van der Waals surface area (Å²) in [5, 5.41) is 45.2. The Morgan fingerprint density at radius 3 is 2.40 bits per heavy atom. The van der Waals surface area contributed by atoms with Gasteiger partial charge in [0.05, 0.1) is 11.6 Å². The Morgan fingerprint density at radius 2 is 1.82 bits per heavy atom. The maximum absolute atomic E-state index is 15.9. The number of amides is 1. The second-order valence-corrected chi connectivity index (χ2v) is 12.5. The number of aliphatic hydroxyl groups excluding tert-OH is 2. The predicted octanol–water partition coefficient (Wildman–Crippen LogP) is 2.02. The van der Waals surface area contributed by atoms with Crippen LogP contribution >= 0.6 is 0 Å². The van der Waals surface area contributed by atoms with E-state index < -0.39 is 69.6 Å². The van der Waals surface area contributed by atoms with E-state index in [-0.39, 0.29) is 47.2 Å². The first-order valence-electron chi connectivity index (χ1n) is 13.6. The van der Waals surface area contributed by atoms with Crippen molar-refractivity contribution in [3.8, 4) is 5.75 Å². The molecule has 0 spiro atoms. The zero-order chi connectivity index (χ0) is 29.5. The maximum Gasteiger partial charge on any atom is 0.255 e. The van der Waals surface area contributed by atoms with Gasteiger partial charge in [-0.2, -0.15) is 0 Å². The zero-order valence-electron chi connectivity index (χ0n) is 23.1. The molecule has 1 aromatic carbocycles. The lowest BCUT2D eigenvalue weighted by atomic mass is 9.58. The highest BCUT2D eigenvalue weighted by atomic mass is 19.1. The van der Waals surface area contributed by atoms with Crippen molar-refractivity contribution in [1.29, 1.82) is 0 Å². The van der Waals surface area contributed by atoms with E-state index in [9.17, 15) is 34.8 Å². The second kappa shape index (κ2) is 9.39. The number of halogens is 1. The SMILES string of the molecule is CN(Cc1cc(O)c2c(c1F)C[C@H]1C[C@H]3[C@H](N4CCCC4)C(O)=C(C(N)=O)C(=O)[C@@]3(O)C(O)=C1C2=O)C(C)(C)C. The molecule has 3 aliphatic carbocycles. The van der Waals surface area contributed by atoms with Crippen LogP contribution in [-0.4, -0.2) is 85.0 Å². The average Bonchev–Trinajstić information content (AvgIpc) is 3.38. The molecular formula is C29H36FN3O7. The number of carbonyl (C=O) groups is 3. The minimum Gasteiger partial charge on any atom is -0.510 e. The van der Waals surface area contributed by atoms with Gasteiger partial charge in [0.25, 0.3) is 5.91 Å². The third-order valence-corrected chi connectivity index (χ3v) is 9.26. The molecule has 0 bridgehead atoms. The number of nitrogens with two attached hydrogens (primary N) is 1. The lowest BCUT2D eigenvalue weighted by Gasteiger charge is -2.50. The van der Waals surface area contributed by atoms with Crippen LogP contribution < -0.4 is 5.73 Å². The van der Waals surface area contributed by atoms with E-state index in [1.54, 1.807) is 0 Å². The molecule has 0 radical (unpaired) electrons. The number of primary amides is 1. The molecule has 0 saturated carbocycles. The molecular weight excluding hydrogens is 521 g/mol. The van der Waals surface area contributed by atoms with E-state index in [0.717, 1.165) is 12.8 Å². The van der Waals surface area contributed by atoms with Gasteiger partial charge in [-0.1, -0.05) is 0 Å². The van der Waals surface area contributed by atoms with Crippen molar-refractivity contribution >= 4 is 17.5 Å². The molecule has 0 unspecified atom stereocenters. The molecule has 1 heterocycles. The Hall–Kier alpha value is -3.28. The average molecular weight is 558 g/mol. The number of aromatic hydroxyl groups is 1. The summed E-state index contributed by atoms with van der Waals surface area (Å²) in [6.45, 7) is 7.09. The van der Waals surface area contributed by atoms with Gasteiger partial charge >= 0.3 is 0 Å². The van der Waals surface area contributed by atoms with E-state index in [2.05, 4.69) is 0 Å². The van der Waals surface area contributed by atoms with Crippen molar-refractivity contribution in [3.05, 3.63) is 51.2 Å². The molecule has 40 heavy (non-hydrogen) atoms. The number of benzene rings is 1. The largest absolute Gasteiger partial charge is 0.510 e. The smallest absolute Gasteiger partial charge is 0.255 e. The zero-order valence-corrected chi connectivity index (χ0v) is 23.1. The topological polar surface area (TPSA) is 165 Å². The first-order valence-corrected chi connectivity index (χ1v) is 13.6. The van der Waals surface area contributed by atoms with Crippen molar-refractivity contribution in [2.24, 2.45) is 17.6 Å². The van der Waals surface area contributed by atoms with Gasteiger partial charge in [-0.3, -0.25) is 24.2 Å². The summed E-state index contributed by atoms with van der Waals surface area (Å²) in [5.41, 5.74) is 1.19. The number of likely N-dealkylation sites (tertiary alicyclic amines) is 1. The maximum atomic E-state index is 15.9. The molecule has 1 aliphatic heterocycles. The number of rotatable bonds is 4. The van der Waals surface area contributed by atoms with Crippen LogP contribution in [0, 0.1) is 17.7 Å². The first kappa shape index (κ1) is 28.3. The highest BCUT2D eigenvalue weighted by Gasteiger charge is 2.63. The number of hydrogen-bond donors (Lipinski definition) is 5. The Balaban J connectivity index is 1.65. The first-order chi connectivity index (χ1) is 18.6. The van der Waals surface area contributed by atoms with Gasteiger partial charge in [-0.15, -0.1) is 0 Å². The minimum absolute atomic E-state index is 0.00625. The number of carbonyl (C=O) groups excluding carboxylic acids is 3. The van der Waals surface area contributed by atoms with Crippen LogP contribution in [0.1, 0.15) is 61.5 Å². The molecule has 11 heteroatoms. The van der Waals surface area contributed by atoms with E-state index >= 15 is 4.39 Å². The van der Waals surface area contributed by atoms with Crippen LogP contribution in [0.4, 0.5) is 4.39 Å². The summed E-state index contributed by atoms with van der Waals surface area (Å²) < 4.78 is 15.9. The number of allylic oxidation sites excluding steroid dienone is 1. The second-order valence-electron chi connectivity index (χ2n) is 12.5. The quantitative estimate of drug-likeness (QED) is 0.348. The Morgan fingerprint density at radius 1 is 1.20 bits per heavy atom. The van der Waals surface area contributed by atoms with Crippen molar-refractivity contribution in [3.63, 3.8) is 0 Å². The van der Waals surface area contributed by atoms with E-state index in [1.807, 2.05) is 37.6 Å². The lowest BCUT2D eigenvalue weighted by molar-refractivity contribution is -0.149. The van der Waals surface area contributed by atoms with E-state index in [1.165, 1.54) is 6.07 Å². The normalized spacial score (nSPS) is 29.1. The van der Waals surface area contributed by atoms with Gasteiger partial charge in [0.15, 0.2) is 11.4 Å². The lowest BCUT2D eigenvalue weighted by Crippen LogP contribution is -2.64. The number of hydrogen-bond acceptors (Lipinski definition) is 9. The summed E-state index contributed by atoms with van der Waals surface area (Å²) in [6.07, 6.45) is 1.44. The molecule has 10 nitrogen and oxygen atoms in total. The highest BCUT2D eigenvalue weighted by Crippen LogP contribution is 2.53. The summed E-state index contributed by atoms with van der Waals surface area (Å²) in [7, 11) is 1.82. The van der Waals surface area contributed by atoms with Crippen LogP contribution in [0.3, 0.4) is 0 Å². The third kappa shape index (κ3) is 3.97. The van der Waals surface area contributed by atoms with E-state index in [0.29, 0.717) is 13.1 Å². The molecule has 5 rings (SSSR count). The fourth-order valence-corrected chi connectivity index (χ4v) is 6.80. The van der Waals surface area contributed by atoms with Crippen molar-refractivity contribution in [2.75, 3.05) is 20.1 Å². The third-order valence-electron chi connectivity index (χ3n) is 9.26. The summed E-state index contributed by atoms with van der Waals surface area (Å²) in [5.74, 6) is -7.98. The van der Waals surface area contributed by atoms with E-state index in [4.69, 9.17) is 5.73 Å². The summed E-state index contributed by atoms with van der Waals surface area (Å²) in [4.78, 5) is 43.2. The fraction of sp³-hybridized carbons (Fsp3) is 0.552. The van der Waals surface area contributed by atoms with Gasteiger partial charge in [0, 0.05) is 34.7 Å². The highest BCUT2D eigenvalue weighted by molar-refractivity contribution is 6.24. The van der Waals surface area contributed by atoms with Gasteiger partial charge in [0.1, 0.15) is 28.7 Å². The molecule has 1 amide bonds. The Kier molecular flexibility index (Phi) is 6.63. The van der Waals surface area contributed by atoms with Gasteiger partial charge in [-0.05, 0) is 78.6 Å². The molecule has 4 aliphatic rings. The molecule has 4 atom stereocenters. The fourth-order valence-electron chi connectivity index (χ4n) is 6.80. The minimum atomic E-state index is -2.70. The van der Waals surface area contributed by atoms with Crippen molar-refractivity contribution in [2.45, 2.75) is 70.2 Å². The van der Waals surface area contributed by atoms with Crippen LogP contribution in [0.25, 0.3) is 0 Å². The van der Waals surface area contributed by atoms with Crippen LogP contribution in [0.15, 0.2) is 28.7 Å². The molecule has 1 fully saturated rings.